The number of ether oxygens (including phenoxy) is 1. The number of carbonyl (C=O) groups excluding carboxylic acids is 3. The van der Waals surface area contributed by atoms with Gasteiger partial charge in [-0.3, -0.25) is 14.4 Å². The molecular formula is C33H42O8. The van der Waals surface area contributed by atoms with Gasteiger partial charge >= 0.3 is 0 Å². The van der Waals surface area contributed by atoms with Crippen molar-refractivity contribution in [1.29, 1.82) is 0 Å². The van der Waals surface area contributed by atoms with Crippen LogP contribution in [0.5, 0.6) is 5.75 Å². The second-order valence-electron chi connectivity index (χ2n) is 13.8. The van der Waals surface area contributed by atoms with Gasteiger partial charge in [0.2, 0.25) is 5.78 Å². The molecule has 1 unspecified atom stereocenters. The van der Waals surface area contributed by atoms with Crippen LogP contribution in [0.2, 0.25) is 0 Å². The fraction of sp³-hybridized carbons (Fsp3) is 0.606. The Morgan fingerprint density at radius 2 is 1.66 bits per heavy atom. The molecule has 3 aliphatic carbocycles. The summed E-state index contributed by atoms with van der Waals surface area (Å²) < 4.78 is 5.52. The predicted octanol–water partition coefficient (Wildman–Crippen LogP) is 5.21. The van der Waals surface area contributed by atoms with Crippen LogP contribution in [0, 0.1) is 22.7 Å². The average molecular weight is 567 g/mol. The summed E-state index contributed by atoms with van der Waals surface area (Å²) in [4.78, 5) is 40.8. The number of Topliss-reactive ketones (excluding diaryl/α,β-unsaturated/α-hetero) is 3. The molecule has 0 spiro atoms. The zero-order valence-electron chi connectivity index (χ0n) is 25.1. The lowest BCUT2D eigenvalue weighted by Crippen LogP contribution is -2.69. The van der Waals surface area contributed by atoms with Gasteiger partial charge in [0, 0.05) is 35.5 Å². The van der Waals surface area contributed by atoms with Crippen molar-refractivity contribution >= 4 is 23.1 Å². The van der Waals surface area contributed by atoms with Crippen LogP contribution in [0.3, 0.4) is 0 Å². The topological polar surface area (TPSA) is 141 Å². The van der Waals surface area contributed by atoms with Gasteiger partial charge in [-0.1, -0.05) is 47.6 Å². The first-order valence-corrected chi connectivity index (χ1v) is 14.7. The second-order valence-corrected chi connectivity index (χ2v) is 13.8. The Labute approximate surface area is 241 Å². The minimum Gasteiger partial charge on any atom is -0.508 e. The Bertz CT molecular complexity index is 1420. The number of rotatable bonds is 4. The van der Waals surface area contributed by atoms with E-state index in [9.17, 15) is 34.8 Å². The normalized spacial score (nSPS) is 32.4. The van der Waals surface area contributed by atoms with E-state index in [2.05, 4.69) is 0 Å². The van der Waals surface area contributed by atoms with Crippen LogP contribution in [0.1, 0.15) is 102 Å². The highest BCUT2D eigenvalue weighted by atomic mass is 16.5. The maximum atomic E-state index is 14.5. The van der Waals surface area contributed by atoms with Gasteiger partial charge in [-0.15, -0.1) is 0 Å². The summed E-state index contributed by atoms with van der Waals surface area (Å²) in [6, 6.07) is 2.02. The molecule has 5 rings (SSSR count). The molecule has 1 aromatic rings. The van der Waals surface area contributed by atoms with Crippen LogP contribution in [0.25, 0.3) is 5.76 Å². The standard InChI is InChI=1S/C33H42O8/c1-15(2)19-12-20(18-8-10-41-11-9-18)26(35)23-21(19)13-31(6)14-32(7)24(16(3)4)27(36)22(17(5)34)29(38)33(32,40)30(39)25(31)28(23)37/h12,15-16,18,24,35,37-38,40H,8-11,13-14H2,1-7H3/t24?,31-,32-,33+/m1/s1. The summed E-state index contributed by atoms with van der Waals surface area (Å²) >= 11 is 0. The first-order chi connectivity index (χ1) is 19.0. The number of aliphatic hydroxyl groups excluding tert-OH is 2. The van der Waals surface area contributed by atoms with Crippen LogP contribution in [0.15, 0.2) is 23.0 Å². The zero-order chi connectivity index (χ0) is 30.4. The monoisotopic (exact) mass is 566 g/mol. The quantitative estimate of drug-likeness (QED) is 0.364. The van der Waals surface area contributed by atoms with Gasteiger partial charge in [0.05, 0.1) is 5.56 Å². The SMILES string of the molecule is CC(=O)C1=C(O)[C@]2(O)C(=O)C3=C(O)c4c(O)c(C5CCOCC5)cc(C(C)C)c4C[C@]3(C)C[C@]2(C)C(C(C)C)C1=O. The molecule has 0 aromatic heterocycles. The third kappa shape index (κ3) is 3.82. The lowest BCUT2D eigenvalue weighted by Gasteiger charge is -2.60. The van der Waals surface area contributed by atoms with Gasteiger partial charge in [0.1, 0.15) is 22.8 Å². The molecule has 1 heterocycles. The molecule has 4 aliphatic rings. The number of phenols is 1. The molecule has 41 heavy (non-hydrogen) atoms. The number of carbonyl (C=O) groups is 3. The molecule has 4 atom stereocenters. The lowest BCUT2D eigenvalue weighted by atomic mass is 9.43. The maximum Gasteiger partial charge on any atom is 0.203 e. The van der Waals surface area contributed by atoms with E-state index in [-0.39, 0.29) is 47.5 Å². The van der Waals surface area contributed by atoms with Crippen LogP contribution in [-0.2, 0) is 25.5 Å². The second kappa shape index (κ2) is 9.53. The summed E-state index contributed by atoms with van der Waals surface area (Å²) in [5.74, 6) is -4.91. The molecule has 4 N–H and O–H groups in total. The van der Waals surface area contributed by atoms with E-state index in [1.54, 1.807) is 20.8 Å². The van der Waals surface area contributed by atoms with Crippen molar-refractivity contribution in [2.75, 3.05) is 13.2 Å². The highest BCUT2D eigenvalue weighted by molar-refractivity contribution is 6.24. The molecule has 2 fully saturated rings. The van der Waals surface area contributed by atoms with Crippen LogP contribution >= 0.6 is 0 Å². The summed E-state index contributed by atoms with van der Waals surface area (Å²) in [6.07, 6.45) is 1.81. The van der Waals surface area contributed by atoms with Crippen molar-refractivity contribution in [1.82, 2.24) is 0 Å². The van der Waals surface area contributed by atoms with Gasteiger partial charge in [-0.05, 0) is 67.1 Å². The number of benzene rings is 1. The first kappa shape index (κ1) is 29.5. The summed E-state index contributed by atoms with van der Waals surface area (Å²) in [5, 5.41) is 47.1. The minimum atomic E-state index is -2.61. The Morgan fingerprint density at radius 3 is 2.20 bits per heavy atom. The van der Waals surface area contributed by atoms with E-state index in [1.807, 2.05) is 26.8 Å². The summed E-state index contributed by atoms with van der Waals surface area (Å²) in [7, 11) is 0. The largest absolute Gasteiger partial charge is 0.508 e. The average Bonchev–Trinajstić information content (AvgIpc) is 2.86. The van der Waals surface area contributed by atoms with Crippen molar-refractivity contribution in [2.45, 2.75) is 91.6 Å². The number of phenolic OH excluding ortho intramolecular Hbond substituents is 1. The molecular weight excluding hydrogens is 524 g/mol. The Kier molecular flexibility index (Phi) is 6.86. The third-order valence-electron chi connectivity index (χ3n) is 10.4. The van der Waals surface area contributed by atoms with Gasteiger partial charge < -0.3 is 25.2 Å². The number of hydrogen-bond acceptors (Lipinski definition) is 8. The van der Waals surface area contributed by atoms with Crippen molar-refractivity contribution in [3.05, 3.63) is 45.2 Å². The molecule has 0 radical (unpaired) electrons. The van der Waals surface area contributed by atoms with E-state index in [0.29, 0.717) is 31.6 Å². The van der Waals surface area contributed by atoms with Crippen LogP contribution in [-0.4, -0.2) is 56.6 Å². The molecule has 1 aliphatic heterocycles. The van der Waals surface area contributed by atoms with Crippen molar-refractivity contribution in [3.63, 3.8) is 0 Å². The van der Waals surface area contributed by atoms with E-state index < -0.39 is 56.8 Å². The first-order valence-electron chi connectivity index (χ1n) is 14.7. The number of ketones is 3. The molecule has 0 bridgehead atoms. The number of fused-ring (bicyclic) bond motifs is 3. The highest BCUT2D eigenvalue weighted by Crippen LogP contribution is 2.65. The number of aliphatic hydroxyl groups is 3. The van der Waals surface area contributed by atoms with E-state index in [0.717, 1.165) is 18.1 Å². The Morgan fingerprint density at radius 1 is 1.05 bits per heavy atom. The molecule has 1 aromatic carbocycles. The number of aromatic hydroxyl groups is 1. The number of allylic oxidation sites excluding steroid dienone is 1. The molecule has 222 valence electrons. The van der Waals surface area contributed by atoms with E-state index in [4.69, 9.17) is 4.74 Å². The molecule has 1 saturated carbocycles. The van der Waals surface area contributed by atoms with Crippen LogP contribution < -0.4 is 0 Å². The minimum absolute atomic E-state index is 0.0217. The molecule has 1 saturated heterocycles. The molecule has 0 amide bonds. The van der Waals surface area contributed by atoms with Gasteiger partial charge in [-0.25, -0.2) is 0 Å². The number of hydrogen-bond donors (Lipinski definition) is 4. The van der Waals surface area contributed by atoms with Crippen molar-refractivity contribution in [3.8, 4) is 5.75 Å². The third-order valence-corrected chi connectivity index (χ3v) is 10.4. The smallest absolute Gasteiger partial charge is 0.203 e. The summed E-state index contributed by atoms with van der Waals surface area (Å²) in [5.41, 5.74) is -3.15. The van der Waals surface area contributed by atoms with Crippen molar-refractivity contribution in [2.24, 2.45) is 22.7 Å². The highest BCUT2D eigenvalue weighted by Gasteiger charge is 2.72. The summed E-state index contributed by atoms with van der Waals surface area (Å²) in [6.45, 7) is 13.4. The molecule has 8 heteroatoms. The predicted molar refractivity (Wildman–Crippen MR) is 153 cm³/mol. The molecule has 8 nitrogen and oxygen atoms in total. The van der Waals surface area contributed by atoms with Crippen LogP contribution in [0.4, 0.5) is 0 Å². The van der Waals surface area contributed by atoms with Gasteiger partial charge in [0.25, 0.3) is 0 Å². The fourth-order valence-corrected chi connectivity index (χ4v) is 8.67. The van der Waals surface area contributed by atoms with Gasteiger partial charge in [0.15, 0.2) is 17.2 Å². The van der Waals surface area contributed by atoms with E-state index >= 15 is 0 Å². The van der Waals surface area contributed by atoms with Gasteiger partial charge in [-0.2, -0.15) is 0 Å². The van der Waals surface area contributed by atoms with E-state index in [1.165, 1.54) is 0 Å². The maximum absolute atomic E-state index is 14.5. The Balaban J connectivity index is 1.81. The zero-order valence-corrected chi connectivity index (χ0v) is 25.1. The van der Waals surface area contributed by atoms with Crippen molar-refractivity contribution < 1.29 is 39.5 Å². The Hall–Kier alpha value is -2.97. The lowest BCUT2D eigenvalue weighted by molar-refractivity contribution is -0.178. The fourth-order valence-electron chi connectivity index (χ4n) is 8.67.